The van der Waals surface area contributed by atoms with E-state index in [1.165, 1.54) is 24.3 Å². The summed E-state index contributed by atoms with van der Waals surface area (Å²) >= 11 is 3.13. The van der Waals surface area contributed by atoms with Crippen molar-refractivity contribution in [2.24, 2.45) is 0 Å². The molecule has 0 spiro atoms. The van der Waals surface area contributed by atoms with E-state index >= 15 is 0 Å². The predicted octanol–water partition coefficient (Wildman–Crippen LogP) is 3.22. The first kappa shape index (κ1) is 15.2. The third-order valence-corrected chi connectivity index (χ3v) is 3.48. The van der Waals surface area contributed by atoms with E-state index in [-0.39, 0.29) is 17.7 Å². The van der Waals surface area contributed by atoms with Crippen molar-refractivity contribution in [1.29, 1.82) is 0 Å². The van der Waals surface area contributed by atoms with Gasteiger partial charge in [0.1, 0.15) is 5.82 Å². The minimum atomic E-state index is -1.04. The minimum Gasteiger partial charge on any atom is -0.478 e. The molecule has 4 nitrogen and oxygen atoms in total. The van der Waals surface area contributed by atoms with E-state index in [1.807, 2.05) is 0 Å². The van der Waals surface area contributed by atoms with Crippen molar-refractivity contribution in [3.05, 3.63) is 69.4 Å². The normalized spacial score (nSPS) is 10.2. The van der Waals surface area contributed by atoms with Crippen LogP contribution in [0.15, 0.2) is 46.9 Å². The molecule has 0 atom stereocenters. The monoisotopic (exact) mass is 351 g/mol. The van der Waals surface area contributed by atoms with Crippen LogP contribution in [0.3, 0.4) is 0 Å². The standard InChI is InChI=1S/C15H11BrFNO3/c16-11-5-2-6-12(17)13(11)14(19)18-8-9-3-1-4-10(7-9)15(20)21/h1-7H,8H2,(H,18,19)(H,20,21). The Labute approximate surface area is 128 Å². The second-order valence-corrected chi connectivity index (χ2v) is 5.14. The van der Waals surface area contributed by atoms with Crippen LogP contribution in [-0.2, 0) is 6.54 Å². The quantitative estimate of drug-likeness (QED) is 0.888. The Morgan fingerprint density at radius 3 is 2.57 bits per heavy atom. The van der Waals surface area contributed by atoms with Gasteiger partial charge in [-0.1, -0.05) is 18.2 Å². The zero-order valence-electron chi connectivity index (χ0n) is 10.8. The number of hydrogen-bond donors (Lipinski definition) is 2. The van der Waals surface area contributed by atoms with Gasteiger partial charge in [0.25, 0.3) is 5.91 Å². The average Bonchev–Trinajstić information content (AvgIpc) is 2.45. The second-order valence-electron chi connectivity index (χ2n) is 4.28. The van der Waals surface area contributed by atoms with Gasteiger partial charge in [-0.05, 0) is 45.8 Å². The molecule has 2 aromatic rings. The van der Waals surface area contributed by atoms with E-state index in [1.54, 1.807) is 18.2 Å². The third kappa shape index (κ3) is 3.66. The molecule has 0 aliphatic heterocycles. The second kappa shape index (κ2) is 6.49. The van der Waals surface area contributed by atoms with Crippen molar-refractivity contribution in [3.63, 3.8) is 0 Å². The zero-order valence-corrected chi connectivity index (χ0v) is 12.4. The maximum absolute atomic E-state index is 13.6. The van der Waals surface area contributed by atoms with Crippen LogP contribution in [-0.4, -0.2) is 17.0 Å². The SMILES string of the molecule is O=C(O)c1cccc(CNC(=O)c2c(F)cccc2Br)c1. The number of carbonyl (C=O) groups excluding carboxylic acids is 1. The Morgan fingerprint density at radius 2 is 1.90 bits per heavy atom. The Hall–Kier alpha value is -2.21. The van der Waals surface area contributed by atoms with Gasteiger partial charge in [-0.2, -0.15) is 0 Å². The summed E-state index contributed by atoms with van der Waals surface area (Å²) in [7, 11) is 0. The Morgan fingerprint density at radius 1 is 1.19 bits per heavy atom. The lowest BCUT2D eigenvalue weighted by atomic mass is 10.1. The molecule has 0 radical (unpaired) electrons. The lowest BCUT2D eigenvalue weighted by molar-refractivity contribution is 0.0696. The van der Waals surface area contributed by atoms with Crippen LogP contribution in [0.5, 0.6) is 0 Å². The van der Waals surface area contributed by atoms with Gasteiger partial charge in [-0.25, -0.2) is 9.18 Å². The number of carboxylic acids is 1. The fourth-order valence-corrected chi connectivity index (χ4v) is 2.32. The first-order valence-corrected chi connectivity index (χ1v) is 6.83. The highest BCUT2D eigenvalue weighted by Crippen LogP contribution is 2.19. The highest BCUT2D eigenvalue weighted by molar-refractivity contribution is 9.10. The summed E-state index contributed by atoms with van der Waals surface area (Å²) in [4.78, 5) is 22.8. The van der Waals surface area contributed by atoms with Gasteiger partial charge < -0.3 is 10.4 Å². The van der Waals surface area contributed by atoms with E-state index in [9.17, 15) is 14.0 Å². The fourth-order valence-electron chi connectivity index (χ4n) is 1.80. The van der Waals surface area contributed by atoms with Crippen LogP contribution in [0, 0.1) is 5.82 Å². The molecule has 0 aromatic heterocycles. The molecule has 0 unspecified atom stereocenters. The predicted molar refractivity (Wildman–Crippen MR) is 78.7 cm³/mol. The van der Waals surface area contributed by atoms with Crippen LogP contribution in [0.25, 0.3) is 0 Å². The molecule has 21 heavy (non-hydrogen) atoms. The van der Waals surface area contributed by atoms with Gasteiger partial charge in [0, 0.05) is 11.0 Å². The third-order valence-electron chi connectivity index (χ3n) is 2.82. The summed E-state index contributed by atoms with van der Waals surface area (Å²) in [5, 5.41) is 11.5. The molecular formula is C15H11BrFNO3. The van der Waals surface area contributed by atoms with E-state index in [2.05, 4.69) is 21.2 Å². The van der Waals surface area contributed by atoms with Gasteiger partial charge in [0.15, 0.2) is 0 Å². The molecule has 0 saturated heterocycles. The maximum atomic E-state index is 13.6. The molecule has 2 rings (SSSR count). The average molecular weight is 352 g/mol. The molecule has 2 N–H and O–H groups in total. The number of amides is 1. The molecule has 2 aromatic carbocycles. The lowest BCUT2D eigenvalue weighted by Gasteiger charge is -2.08. The van der Waals surface area contributed by atoms with Gasteiger partial charge >= 0.3 is 5.97 Å². The summed E-state index contributed by atoms with van der Waals surface area (Å²) in [6.07, 6.45) is 0. The first-order chi connectivity index (χ1) is 9.99. The summed E-state index contributed by atoms with van der Waals surface area (Å²) in [6.45, 7) is 0.112. The maximum Gasteiger partial charge on any atom is 0.335 e. The highest BCUT2D eigenvalue weighted by Gasteiger charge is 2.15. The molecule has 6 heteroatoms. The molecule has 0 bridgehead atoms. The highest BCUT2D eigenvalue weighted by atomic mass is 79.9. The van der Waals surface area contributed by atoms with Crippen molar-refractivity contribution in [2.45, 2.75) is 6.54 Å². The number of benzene rings is 2. The molecule has 0 aliphatic carbocycles. The van der Waals surface area contributed by atoms with Crippen LogP contribution < -0.4 is 5.32 Å². The van der Waals surface area contributed by atoms with Crippen molar-refractivity contribution in [1.82, 2.24) is 5.32 Å². The molecule has 0 fully saturated rings. The zero-order chi connectivity index (χ0) is 15.4. The van der Waals surface area contributed by atoms with Crippen molar-refractivity contribution >= 4 is 27.8 Å². The first-order valence-electron chi connectivity index (χ1n) is 6.03. The van der Waals surface area contributed by atoms with Gasteiger partial charge in [0.2, 0.25) is 0 Å². The Bertz CT molecular complexity index is 683. The molecule has 108 valence electrons. The van der Waals surface area contributed by atoms with Crippen LogP contribution in [0.1, 0.15) is 26.3 Å². The number of nitrogens with one attached hydrogen (secondary N) is 1. The number of carboxylic acid groups (broad SMARTS) is 1. The topological polar surface area (TPSA) is 66.4 Å². The molecule has 0 aliphatic rings. The number of aromatic carboxylic acids is 1. The summed E-state index contributed by atoms with van der Waals surface area (Å²) < 4.78 is 14.0. The summed E-state index contributed by atoms with van der Waals surface area (Å²) in [5.41, 5.74) is 0.677. The summed E-state index contributed by atoms with van der Waals surface area (Å²) in [6, 6.07) is 10.5. The number of carbonyl (C=O) groups is 2. The summed E-state index contributed by atoms with van der Waals surface area (Å²) in [5.74, 6) is -2.23. The largest absolute Gasteiger partial charge is 0.478 e. The number of rotatable bonds is 4. The van der Waals surface area contributed by atoms with Gasteiger partial charge in [0.05, 0.1) is 11.1 Å². The molecule has 0 saturated carbocycles. The van der Waals surface area contributed by atoms with E-state index in [4.69, 9.17) is 5.11 Å². The van der Waals surface area contributed by atoms with Crippen molar-refractivity contribution < 1.29 is 19.1 Å². The van der Waals surface area contributed by atoms with Gasteiger partial charge in [-0.3, -0.25) is 4.79 Å². The molecular weight excluding hydrogens is 341 g/mol. The van der Waals surface area contributed by atoms with Gasteiger partial charge in [-0.15, -0.1) is 0 Å². The number of halogens is 2. The van der Waals surface area contributed by atoms with E-state index in [0.29, 0.717) is 10.0 Å². The van der Waals surface area contributed by atoms with Crippen molar-refractivity contribution in [3.8, 4) is 0 Å². The van der Waals surface area contributed by atoms with Crippen LogP contribution >= 0.6 is 15.9 Å². The smallest absolute Gasteiger partial charge is 0.335 e. The van der Waals surface area contributed by atoms with E-state index in [0.717, 1.165) is 0 Å². The Balaban J connectivity index is 2.11. The van der Waals surface area contributed by atoms with Crippen LogP contribution in [0.2, 0.25) is 0 Å². The minimum absolute atomic E-state index is 0.0770. The Kier molecular flexibility index (Phi) is 4.70. The number of hydrogen-bond acceptors (Lipinski definition) is 2. The molecule has 0 heterocycles. The fraction of sp³-hybridized carbons (Fsp3) is 0.0667. The lowest BCUT2D eigenvalue weighted by Crippen LogP contribution is -2.24. The van der Waals surface area contributed by atoms with Crippen molar-refractivity contribution in [2.75, 3.05) is 0 Å². The molecule has 1 amide bonds. The van der Waals surface area contributed by atoms with E-state index < -0.39 is 17.7 Å². The van der Waals surface area contributed by atoms with Crippen LogP contribution in [0.4, 0.5) is 4.39 Å².